The number of aryl methyl sites for hydroxylation is 2. The molecule has 0 aliphatic rings. The lowest BCUT2D eigenvalue weighted by Gasteiger charge is -2.11. The van der Waals surface area contributed by atoms with Crippen molar-refractivity contribution in [3.63, 3.8) is 0 Å². The second-order valence-corrected chi connectivity index (χ2v) is 7.72. The summed E-state index contributed by atoms with van der Waals surface area (Å²) in [5.41, 5.74) is 1.69. The summed E-state index contributed by atoms with van der Waals surface area (Å²) in [6, 6.07) is 4.25. The van der Waals surface area contributed by atoms with Gasteiger partial charge in [0.05, 0.1) is 26.3 Å². The Morgan fingerprint density at radius 3 is 2.24 bits per heavy atom. The lowest BCUT2D eigenvalue weighted by Crippen LogP contribution is -2.04. The highest BCUT2D eigenvalue weighted by Crippen LogP contribution is 2.36. The molecule has 0 bridgehead atoms. The van der Waals surface area contributed by atoms with Gasteiger partial charge >= 0.3 is 0 Å². The van der Waals surface area contributed by atoms with Gasteiger partial charge in [-0.15, -0.1) is 0 Å². The third-order valence-electron chi connectivity index (χ3n) is 2.72. The molecule has 2 rings (SSSR count). The molecule has 1 aromatic carbocycles. The minimum atomic E-state index is -3.90. The minimum absolute atomic E-state index is 0.0700. The van der Waals surface area contributed by atoms with Gasteiger partial charge in [0.1, 0.15) is 6.61 Å². The average Bonchev–Trinajstić information content (AvgIpc) is 2.65. The molecular formula is C12H11Cl3N2O3S. The van der Waals surface area contributed by atoms with Crippen LogP contribution in [0.3, 0.4) is 0 Å². The molecule has 0 atom stereocenters. The summed E-state index contributed by atoms with van der Waals surface area (Å²) in [5.74, 6) is 0.196. The third-order valence-corrected chi connectivity index (χ3v) is 4.61. The van der Waals surface area contributed by atoms with Gasteiger partial charge in [-0.25, -0.2) is 8.42 Å². The third kappa shape index (κ3) is 3.83. The number of ether oxygens (including phenoxy) is 1. The minimum Gasteiger partial charge on any atom is -0.484 e. The monoisotopic (exact) mass is 368 g/mol. The summed E-state index contributed by atoms with van der Waals surface area (Å²) < 4.78 is 29.8. The lowest BCUT2D eigenvalue weighted by atomic mass is 10.3. The summed E-state index contributed by atoms with van der Waals surface area (Å²) in [7, 11) is 3.14. The summed E-state index contributed by atoms with van der Waals surface area (Å²) in [6.07, 6.45) is 0. The molecule has 1 heterocycles. The molecule has 5 nitrogen and oxygen atoms in total. The Balaban J connectivity index is 2.27. The fourth-order valence-corrected chi connectivity index (χ4v) is 3.27. The van der Waals surface area contributed by atoms with Gasteiger partial charge in [-0.05, 0) is 25.1 Å². The van der Waals surface area contributed by atoms with E-state index < -0.39 is 9.05 Å². The van der Waals surface area contributed by atoms with Crippen molar-refractivity contribution in [1.29, 1.82) is 0 Å². The fraction of sp³-hybridized carbons (Fsp3) is 0.250. The molecular weight excluding hydrogens is 359 g/mol. The van der Waals surface area contributed by atoms with Crippen LogP contribution in [0.1, 0.15) is 11.4 Å². The van der Waals surface area contributed by atoms with Gasteiger partial charge in [0.25, 0.3) is 9.05 Å². The number of halogens is 3. The maximum Gasteiger partial charge on any atom is 0.261 e. The normalized spacial score (nSPS) is 11.7. The molecule has 0 unspecified atom stereocenters. The topological polar surface area (TPSA) is 61.2 Å². The maximum absolute atomic E-state index is 11.3. The molecule has 0 saturated heterocycles. The Morgan fingerprint density at radius 1 is 1.24 bits per heavy atom. The zero-order valence-corrected chi connectivity index (χ0v) is 14.2. The number of rotatable bonds is 4. The summed E-state index contributed by atoms with van der Waals surface area (Å²) in [6.45, 7) is 2.06. The average molecular weight is 370 g/mol. The number of hydrogen-bond acceptors (Lipinski definition) is 4. The molecule has 0 spiro atoms. The van der Waals surface area contributed by atoms with E-state index in [9.17, 15) is 8.42 Å². The van der Waals surface area contributed by atoms with Crippen molar-refractivity contribution in [2.45, 2.75) is 18.4 Å². The quantitative estimate of drug-likeness (QED) is 0.773. The maximum atomic E-state index is 11.3. The van der Waals surface area contributed by atoms with E-state index in [1.807, 2.05) is 13.0 Å². The Morgan fingerprint density at radius 2 is 1.81 bits per heavy atom. The molecule has 0 fully saturated rings. The van der Waals surface area contributed by atoms with Crippen molar-refractivity contribution >= 4 is 42.9 Å². The highest BCUT2D eigenvalue weighted by Gasteiger charge is 2.17. The SMILES string of the molecule is Cc1cc(COc2c(Cl)cc(S(=O)(=O)Cl)cc2Cl)n(C)n1. The van der Waals surface area contributed by atoms with Crippen molar-refractivity contribution < 1.29 is 13.2 Å². The van der Waals surface area contributed by atoms with Gasteiger partial charge < -0.3 is 4.74 Å². The molecule has 114 valence electrons. The van der Waals surface area contributed by atoms with E-state index in [2.05, 4.69) is 5.10 Å². The van der Waals surface area contributed by atoms with Crippen LogP contribution in [0.2, 0.25) is 10.0 Å². The standard InChI is InChI=1S/C12H11Cl3N2O3S/c1-7-3-8(17(2)16-7)6-20-12-10(13)4-9(5-11(12)14)21(15,18)19/h3-5H,6H2,1-2H3. The van der Waals surface area contributed by atoms with E-state index in [-0.39, 0.29) is 27.3 Å². The largest absolute Gasteiger partial charge is 0.484 e. The Kier molecular flexibility index (Phi) is 4.72. The van der Waals surface area contributed by atoms with Crippen LogP contribution in [0, 0.1) is 6.92 Å². The van der Waals surface area contributed by atoms with E-state index in [1.165, 1.54) is 12.1 Å². The second kappa shape index (κ2) is 6.04. The Labute approximate surface area is 136 Å². The molecule has 0 aliphatic carbocycles. The van der Waals surface area contributed by atoms with Crippen molar-refractivity contribution in [3.8, 4) is 5.75 Å². The smallest absolute Gasteiger partial charge is 0.261 e. The van der Waals surface area contributed by atoms with E-state index in [0.717, 1.165) is 11.4 Å². The highest BCUT2D eigenvalue weighted by molar-refractivity contribution is 8.13. The number of hydrogen-bond donors (Lipinski definition) is 0. The van der Waals surface area contributed by atoms with Gasteiger partial charge in [0.2, 0.25) is 0 Å². The van der Waals surface area contributed by atoms with Crippen molar-refractivity contribution in [3.05, 3.63) is 39.6 Å². The first-order chi connectivity index (χ1) is 9.68. The van der Waals surface area contributed by atoms with Crippen LogP contribution in [0.15, 0.2) is 23.1 Å². The van der Waals surface area contributed by atoms with Gasteiger partial charge in [-0.2, -0.15) is 5.10 Å². The number of nitrogens with zero attached hydrogens (tertiary/aromatic N) is 2. The predicted octanol–water partition coefficient (Wildman–Crippen LogP) is 3.54. The molecule has 0 radical (unpaired) electrons. The number of benzene rings is 1. The predicted molar refractivity (Wildman–Crippen MR) is 81.8 cm³/mol. The van der Waals surface area contributed by atoms with Crippen LogP contribution in [0.25, 0.3) is 0 Å². The van der Waals surface area contributed by atoms with Crippen LogP contribution < -0.4 is 4.74 Å². The summed E-state index contributed by atoms with van der Waals surface area (Å²) in [4.78, 5) is -0.178. The molecule has 2 aromatic rings. The first-order valence-electron chi connectivity index (χ1n) is 5.74. The van der Waals surface area contributed by atoms with Crippen LogP contribution in [0.4, 0.5) is 0 Å². The van der Waals surface area contributed by atoms with E-state index in [4.69, 9.17) is 38.6 Å². The van der Waals surface area contributed by atoms with E-state index in [0.29, 0.717) is 0 Å². The lowest BCUT2D eigenvalue weighted by molar-refractivity contribution is 0.295. The van der Waals surface area contributed by atoms with Crippen LogP contribution in [-0.2, 0) is 22.7 Å². The van der Waals surface area contributed by atoms with Crippen LogP contribution in [-0.4, -0.2) is 18.2 Å². The zero-order chi connectivity index (χ0) is 15.8. The van der Waals surface area contributed by atoms with Gasteiger partial charge in [-0.1, -0.05) is 23.2 Å². The molecule has 0 aliphatic heterocycles. The van der Waals surface area contributed by atoms with Gasteiger partial charge in [-0.3, -0.25) is 4.68 Å². The molecule has 21 heavy (non-hydrogen) atoms. The molecule has 1 aromatic heterocycles. The second-order valence-electron chi connectivity index (χ2n) is 4.34. The first-order valence-corrected chi connectivity index (χ1v) is 8.81. The Bertz CT molecular complexity index is 764. The molecule has 0 saturated carbocycles. The first kappa shape index (κ1) is 16.4. The fourth-order valence-electron chi connectivity index (χ4n) is 1.76. The van der Waals surface area contributed by atoms with Crippen LogP contribution >= 0.6 is 33.9 Å². The summed E-state index contributed by atoms with van der Waals surface area (Å²) >= 11 is 12.0. The zero-order valence-electron chi connectivity index (χ0n) is 11.1. The van der Waals surface area contributed by atoms with Crippen molar-refractivity contribution in [2.24, 2.45) is 7.05 Å². The molecule has 0 N–H and O–H groups in total. The molecule has 0 amide bonds. The van der Waals surface area contributed by atoms with Crippen LogP contribution in [0.5, 0.6) is 5.75 Å². The Hall–Kier alpha value is -0.950. The highest BCUT2D eigenvalue weighted by atomic mass is 35.7. The van der Waals surface area contributed by atoms with Crippen molar-refractivity contribution in [1.82, 2.24) is 9.78 Å². The van der Waals surface area contributed by atoms with E-state index >= 15 is 0 Å². The number of aromatic nitrogens is 2. The van der Waals surface area contributed by atoms with Crippen molar-refractivity contribution in [2.75, 3.05) is 0 Å². The van der Waals surface area contributed by atoms with Gasteiger partial charge in [0, 0.05) is 17.7 Å². The van der Waals surface area contributed by atoms with E-state index in [1.54, 1.807) is 11.7 Å². The molecule has 9 heteroatoms. The summed E-state index contributed by atoms with van der Waals surface area (Å²) in [5, 5.41) is 4.33. The van der Waals surface area contributed by atoms with Gasteiger partial charge in [0.15, 0.2) is 5.75 Å².